The molecule has 0 rings (SSSR count). The largest absolute Gasteiger partial charge is 0.395 e. The minimum Gasteiger partial charge on any atom is -0.395 e. The highest BCUT2D eigenvalue weighted by atomic mass is 16.5. The van der Waals surface area contributed by atoms with E-state index in [9.17, 15) is 0 Å². The van der Waals surface area contributed by atoms with Crippen molar-refractivity contribution in [3.63, 3.8) is 0 Å². The Balaban J connectivity index is 3.33. The maximum Gasteiger partial charge on any atom is 0.107 e. The fourth-order valence-corrected chi connectivity index (χ4v) is 0.811. The van der Waals surface area contributed by atoms with Crippen LogP contribution in [0.25, 0.3) is 0 Å². The van der Waals surface area contributed by atoms with E-state index in [2.05, 4.69) is 0 Å². The monoisotopic (exact) mass is 190 g/mol. The van der Waals surface area contributed by atoms with Gasteiger partial charge in [0.05, 0.1) is 13.2 Å². The van der Waals surface area contributed by atoms with Gasteiger partial charge in [-0.05, 0) is 28.1 Å². The Morgan fingerprint density at radius 1 is 1.23 bits per heavy atom. The summed E-state index contributed by atoms with van der Waals surface area (Å²) < 4.78 is 5.52. The molecule has 0 aromatic rings. The van der Waals surface area contributed by atoms with Crippen LogP contribution in [0.3, 0.4) is 0 Å². The van der Waals surface area contributed by atoms with Crippen LogP contribution in [0.5, 0.6) is 0 Å². The highest BCUT2D eigenvalue weighted by Crippen LogP contribution is 1.93. The van der Waals surface area contributed by atoms with Crippen molar-refractivity contribution in [3.8, 4) is 0 Å². The number of likely N-dealkylation sites (N-methyl/N-ethyl adjacent to an activating group) is 1. The molecule has 0 fully saturated rings. The Hall–Kier alpha value is -0.160. The Bertz CT molecular complexity index is 120. The summed E-state index contributed by atoms with van der Waals surface area (Å²) in [4.78, 5) is 4.06. The summed E-state index contributed by atoms with van der Waals surface area (Å²) in [7, 11) is 5.95. The average Bonchev–Trinajstić information content (AvgIpc) is 2.04. The summed E-state index contributed by atoms with van der Waals surface area (Å²) in [5, 5.41) is 8.64. The topological polar surface area (TPSA) is 35.9 Å². The lowest BCUT2D eigenvalue weighted by Crippen LogP contribution is -2.32. The first-order valence-corrected chi connectivity index (χ1v) is 4.65. The molecule has 0 saturated carbocycles. The molecule has 0 amide bonds. The third-order valence-corrected chi connectivity index (χ3v) is 2.04. The third-order valence-electron chi connectivity index (χ3n) is 2.04. The summed E-state index contributed by atoms with van der Waals surface area (Å²) in [5.41, 5.74) is 0. The molecule has 0 heterocycles. The van der Waals surface area contributed by atoms with Crippen LogP contribution in [0.2, 0.25) is 0 Å². The number of rotatable bonds is 7. The number of aliphatic hydroxyl groups excluding tert-OH is 1. The lowest BCUT2D eigenvalue weighted by atomic mass is 10.5. The van der Waals surface area contributed by atoms with Crippen LogP contribution in [0, 0.1) is 0 Å². The zero-order chi connectivity index (χ0) is 10.3. The van der Waals surface area contributed by atoms with E-state index in [0.717, 1.165) is 6.54 Å². The van der Waals surface area contributed by atoms with Gasteiger partial charge in [-0.25, -0.2) is 0 Å². The zero-order valence-corrected chi connectivity index (χ0v) is 9.16. The molecule has 0 aromatic carbocycles. The molecule has 0 radical (unpaired) electrons. The molecule has 1 N–H and O–H groups in total. The maximum atomic E-state index is 8.64. The minimum atomic E-state index is 0.155. The van der Waals surface area contributed by atoms with E-state index in [-0.39, 0.29) is 12.8 Å². The van der Waals surface area contributed by atoms with Crippen LogP contribution in [0.4, 0.5) is 0 Å². The Labute approximate surface area is 81.1 Å². The first kappa shape index (κ1) is 12.8. The molecule has 0 saturated heterocycles. The average molecular weight is 190 g/mol. The van der Waals surface area contributed by atoms with Crippen LogP contribution in [-0.4, -0.2) is 68.6 Å². The molecular formula is C9H22N2O2. The molecular weight excluding hydrogens is 168 g/mol. The highest BCUT2D eigenvalue weighted by Gasteiger charge is 2.04. The molecule has 0 spiro atoms. The minimum absolute atomic E-state index is 0.155. The van der Waals surface area contributed by atoms with Gasteiger partial charge in [0.25, 0.3) is 0 Å². The molecule has 80 valence electrons. The highest BCUT2D eigenvalue weighted by molar-refractivity contribution is 4.50. The summed E-state index contributed by atoms with van der Waals surface area (Å²) in [6.07, 6.45) is 0.155. The lowest BCUT2D eigenvalue weighted by molar-refractivity contribution is -0.0291. The van der Waals surface area contributed by atoms with Crippen LogP contribution in [0.1, 0.15) is 6.92 Å². The van der Waals surface area contributed by atoms with Crippen molar-refractivity contribution in [2.45, 2.75) is 13.2 Å². The van der Waals surface area contributed by atoms with E-state index in [1.54, 1.807) is 0 Å². The first-order chi connectivity index (χ1) is 6.07. The van der Waals surface area contributed by atoms with E-state index < -0.39 is 0 Å². The molecule has 0 aliphatic rings. The van der Waals surface area contributed by atoms with E-state index in [1.165, 1.54) is 0 Å². The molecule has 1 unspecified atom stereocenters. The van der Waals surface area contributed by atoms with Crippen LogP contribution in [0.15, 0.2) is 0 Å². The van der Waals surface area contributed by atoms with Gasteiger partial charge in [0, 0.05) is 13.1 Å². The second kappa shape index (κ2) is 7.26. The standard InChI is InChI=1S/C9H22N2O2/c1-9(10(2)3)13-8-6-11(4)5-7-12/h9,12H,5-8H2,1-4H3. The molecule has 13 heavy (non-hydrogen) atoms. The van der Waals surface area contributed by atoms with E-state index in [0.29, 0.717) is 13.2 Å². The third kappa shape index (κ3) is 6.95. The van der Waals surface area contributed by atoms with E-state index in [1.807, 2.05) is 37.9 Å². The number of nitrogens with zero attached hydrogens (tertiary/aromatic N) is 2. The van der Waals surface area contributed by atoms with E-state index in [4.69, 9.17) is 9.84 Å². The van der Waals surface area contributed by atoms with Gasteiger partial charge >= 0.3 is 0 Å². The van der Waals surface area contributed by atoms with Crippen molar-refractivity contribution in [1.29, 1.82) is 0 Å². The molecule has 0 bridgehead atoms. The van der Waals surface area contributed by atoms with Gasteiger partial charge in [0.2, 0.25) is 0 Å². The van der Waals surface area contributed by atoms with Gasteiger partial charge in [0.1, 0.15) is 6.23 Å². The SMILES string of the molecule is CC(OCCN(C)CCO)N(C)C. The molecule has 4 heteroatoms. The number of ether oxygens (including phenoxy) is 1. The molecule has 4 nitrogen and oxygen atoms in total. The molecule has 0 aliphatic carbocycles. The predicted octanol–water partition coefficient (Wildman–Crippen LogP) is -0.165. The lowest BCUT2D eigenvalue weighted by Gasteiger charge is -2.22. The predicted molar refractivity (Wildman–Crippen MR) is 53.7 cm³/mol. The Morgan fingerprint density at radius 3 is 2.31 bits per heavy atom. The molecule has 0 aliphatic heterocycles. The fourth-order valence-electron chi connectivity index (χ4n) is 0.811. The molecule has 0 aromatic heterocycles. The summed E-state index contributed by atoms with van der Waals surface area (Å²) in [6, 6.07) is 0. The van der Waals surface area contributed by atoms with E-state index >= 15 is 0 Å². The van der Waals surface area contributed by atoms with Crippen molar-refractivity contribution in [2.75, 3.05) is 47.4 Å². The van der Waals surface area contributed by atoms with Crippen LogP contribution >= 0.6 is 0 Å². The summed E-state index contributed by atoms with van der Waals surface area (Å²) in [5.74, 6) is 0. The van der Waals surface area contributed by atoms with Crippen molar-refractivity contribution < 1.29 is 9.84 Å². The van der Waals surface area contributed by atoms with Gasteiger partial charge in [0.15, 0.2) is 0 Å². The Morgan fingerprint density at radius 2 is 1.85 bits per heavy atom. The quantitative estimate of drug-likeness (QED) is 0.566. The van der Waals surface area contributed by atoms with Crippen molar-refractivity contribution >= 4 is 0 Å². The number of hydrogen-bond donors (Lipinski definition) is 1. The van der Waals surface area contributed by atoms with Crippen LogP contribution < -0.4 is 0 Å². The molecule has 1 atom stereocenters. The van der Waals surface area contributed by atoms with Gasteiger partial charge in [-0.1, -0.05) is 0 Å². The maximum absolute atomic E-state index is 8.64. The van der Waals surface area contributed by atoms with Crippen molar-refractivity contribution in [2.24, 2.45) is 0 Å². The van der Waals surface area contributed by atoms with Gasteiger partial charge in [-0.15, -0.1) is 0 Å². The smallest absolute Gasteiger partial charge is 0.107 e. The zero-order valence-electron chi connectivity index (χ0n) is 9.16. The summed E-state index contributed by atoms with van der Waals surface area (Å²) >= 11 is 0. The Kier molecular flexibility index (Phi) is 7.17. The van der Waals surface area contributed by atoms with Crippen molar-refractivity contribution in [3.05, 3.63) is 0 Å². The fraction of sp³-hybridized carbons (Fsp3) is 1.00. The van der Waals surface area contributed by atoms with Crippen molar-refractivity contribution in [1.82, 2.24) is 9.80 Å². The van der Waals surface area contributed by atoms with Gasteiger partial charge in [-0.3, -0.25) is 4.90 Å². The second-order valence-corrected chi connectivity index (χ2v) is 3.46. The number of hydrogen-bond acceptors (Lipinski definition) is 4. The van der Waals surface area contributed by atoms with Gasteiger partial charge in [-0.2, -0.15) is 0 Å². The normalized spacial score (nSPS) is 14.1. The first-order valence-electron chi connectivity index (χ1n) is 4.65. The number of aliphatic hydroxyl groups is 1. The van der Waals surface area contributed by atoms with Crippen LogP contribution in [-0.2, 0) is 4.74 Å². The summed E-state index contributed by atoms with van der Waals surface area (Å²) in [6.45, 7) is 4.50. The second-order valence-electron chi connectivity index (χ2n) is 3.46. The van der Waals surface area contributed by atoms with Gasteiger partial charge < -0.3 is 14.7 Å².